The molecule has 0 saturated heterocycles. The summed E-state index contributed by atoms with van der Waals surface area (Å²) < 4.78 is 5.53. The predicted molar refractivity (Wildman–Crippen MR) is 95.5 cm³/mol. The van der Waals surface area contributed by atoms with Crippen molar-refractivity contribution in [2.75, 3.05) is 11.9 Å². The molecule has 0 radical (unpaired) electrons. The summed E-state index contributed by atoms with van der Waals surface area (Å²) in [6.07, 6.45) is 0. The molecule has 0 aliphatic heterocycles. The van der Waals surface area contributed by atoms with Gasteiger partial charge in [-0.1, -0.05) is 18.2 Å². The third kappa shape index (κ3) is 3.97. The minimum absolute atomic E-state index is 0.0299. The van der Waals surface area contributed by atoms with Crippen LogP contribution in [0.4, 0.5) is 5.13 Å². The maximum atomic E-state index is 12.0. The first kappa shape index (κ1) is 15.7. The molecule has 1 aromatic carbocycles. The summed E-state index contributed by atoms with van der Waals surface area (Å²) in [4.78, 5) is 18.8. The van der Waals surface area contributed by atoms with Crippen LogP contribution in [0.25, 0.3) is 10.6 Å². The van der Waals surface area contributed by atoms with Crippen LogP contribution in [0.2, 0.25) is 0 Å². The van der Waals surface area contributed by atoms with E-state index in [4.69, 9.17) is 4.74 Å². The summed E-state index contributed by atoms with van der Waals surface area (Å²) >= 11 is 3.10. The van der Waals surface area contributed by atoms with Crippen molar-refractivity contribution in [3.8, 4) is 16.3 Å². The van der Waals surface area contributed by atoms with Gasteiger partial charge in [0.25, 0.3) is 5.91 Å². The second kappa shape index (κ2) is 6.93. The summed E-state index contributed by atoms with van der Waals surface area (Å²) in [5, 5.41) is 5.31. The lowest BCUT2D eigenvalue weighted by atomic mass is 10.2. The fourth-order valence-electron chi connectivity index (χ4n) is 2.03. The number of rotatable bonds is 5. The van der Waals surface area contributed by atoms with E-state index in [2.05, 4.69) is 23.3 Å². The van der Waals surface area contributed by atoms with Gasteiger partial charge in [-0.3, -0.25) is 10.1 Å². The number of amides is 1. The van der Waals surface area contributed by atoms with Crippen LogP contribution < -0.4 is 10.1 Å². The highest BCUT2D eigenvalue weighted by molar-refractivity contribution is 7.17. The van der Waals surface area contributed by atoms with Crippen LogP contribution in [0.3, 0.4) is 0 Å². The standard InChI is InChI=1S/C17H16N2O2S2/c1-11-5-3-4-6-14(11)21-9-16(20)19-17-18-13(10-22-17)15-8-7-12(2)23-15/h3-8,10H,9H2,1-2H3,(H,18,19,20). The molecule has 0 spiro atoms. The molecule has 3 aromatic rings. The Kier molecular flexibility index (Phi) is 4.73. The first-order valence-corrected chi connectivity index (χ1v) is 8.82. The first-order valence-electron chi connectivity index (χ1n) is 7.12. The molecule has 0 aliphatic carbocycles. The van der Waals surface area contributed by atoms with Gasteiger partial charge in [0.2, 0.25) is 0 Å². The third-order valence-corrected chi connectivity index (χ3v) is 4.98. The lowest BCUT2D eigenvalue weighted by Crippen LogP contribution is -2.20. The highest BCUT2D eigenvalue weighted by Crippen LogP contribution is 2.30. The molecule has 0 atom stereocenters. The quantitative estimate of drug-likeness (QED) is 0.741. The second-order valence-electron chi connectivity index (χ2n) is 5.05. The molecule has 0 unspecified atom stereocenters. The number of aryl methyl sites for hydroxylation is 2. The van der Waals surface area contributed by atoms with Crippen LogP contribution in [-0.2, 0) is 4.79 Å². The van der Waals surface area contributed by atoms with E-state index in [0.29, 0.717) is 5.13 Å². The van der Waals surface area contributed by atoms with Crippen LogP contribution in [0.5, 0.6) is 5.75 Å². The highest BCUT2D eigenvalue weighted by atomic mass is 32.1. The molecule has 0 saturated carbocycles. The number of benzene rings is 1. The normalized spacial score (nSPS) is 10.5. The summed E-state index contributed by atoms with van der Waals surface area (Å²) in [5.74, 6) is 0.507. The number of para-hydroxylation sites is 1. The summed E-state index contributed by atoms with van der Waals surface area (Å²) in [6, 6.07) is 11.7. The smallest absolute Gasteiger partial charge is 0.264 e. The number of aromatic nitrogens is 1. The maximum Gasteiger partial charge on any atom is 0.264 e. The Labute approximate surface area is 142 Å². The van der Waals surface area contributed by atoms with Gasteiger partial charge in [0.1, 0.15) is 5.75 Å². The van der Waals surface area contributed by atoms with Gasteiger partial charge in [-0.2, -0.15) is 0 Å². The molecule has 0 bridgehead atoms. The molecule has 1 N–H and O–H groups in total. The minimum Gasteiger partial charge on any atom is -0.483 e. The Balaban J connectivity index is 1.58. The molecule has 6 heteroatoms. The highest BCUT2D eigenvalue weighted by Gasteiger charge is 2.10. The number of hydrogen-bond acceptors (Lipinski definition) is 5. The molecule has 0 fully saturated rings. The Morgan fingerprint density at radius 3 is 2.78 bits per heavy atom. The third-order valence-electron chi connectivity index (χ3n) is 3.20. The molecular weight excluding hydrogens is 328 g/mol. The summed E-state index contributed by atoms with van der Waals surface area (Å²) in [7, 11) is 0. The second-order valence-corrected chi connectivity index (χ2v) is 7.20. The molecule has 23 heavy (non-hydrogen) atoms. The van der Waals surface area contributed by atoms with E-state index >= 15 is 0 Å². The number of carbonyl (C=O) groups excluding carboxylic acids is 1. The van der Waals surface area contributed by atoms with Gasteiger partial charge in [0, 0.05) is 10.3 Å². The predicted octanol–water partition coefficient (Wildman–Crippen LogP) is 4.51. The van der Waals surface area contributed by atoms with Gasteiger partial charge in [0.15, 0.2) is 11.7 Å². The molecule has 3 rings (SSSR count). The van der Waals surface area contributed by atoms with Gasteiger partial charge in [-0.15, -0.1) is 22.7 Å². The van der Waals surface area contributed by atoms with Gasteiger partial charge in [-0.25, -0.2) is 4.98 Å². The summed E-state index contributed by atoms with van der Waals surface area (Å²) in [6.45, 7) is 3.98. The van der Waals surface area contributed by atoms with Crippen LogP contribution in [0.15, 0.2) is 41.8 Å². The Morgan fingerprint density at radius 2 is 2.04 bits per heavy atom. The summed E-state index contributed by atoms with van der Waals surface area (Å²) in [5.41, 5.74) is 1.90. The van der Waals surface area contributed by atoms with Gasteiger partial charge in [-0.05, 0) is 37.6 Å². The number of nitrogens with one attached hydrogen (secondary N) is 1. The molecular formula is C17H16N2O2S2. The maximum absolute atomic E-state index is 12.0. The SMILES string of the molecule is Cc1ccc(-c2csc(NC(=O)COc3ccccc3C)n2)s1. The topological polar surface area (TPSA) is 51.2 Å². The fraction of sp³-hybridized carbons (Fsp3) is 0.176. The number of hydrogen-bond donors (Lipinski definition) is 1. The molecule has 2 heterocycles. The van der Waals surface area contributed by atoms with Crippen molar-refractivity contribution in [1.29, 1.82) is 0 Å². The van der Waals surface area contributed by atoms with Crippen molar-refractivity contribution in [1.82, 2.24) is 4.98 Å². The lowest BCUT2D eigenvalue weighted by molar-refractivity contribution is -0.118. The number of anilines is 1. The van der Waals surface area contributed by atoms with E-state index in [0.717, 1.165) is 21.9 Å². The zero-order valence-electron chi connectivity index (χ0n) is 12.8. The van der Waals surface area contributed by atoms with Crippen molar-refractivity contribution in [3.05, 3.63) is 52.2 Å². The number of carbonyl (C=O) groups is 1. The van der Waals surface area contributed by atoms with Crippen LogP contribution in [0, 0.1) is 13.8 Å². The Morgan fingerprint density at radius 1 is 1.22 bits per heavy atom. The van der Waals surface area contributed by atoms with Crippen molar-refractivity contribution in [3.63, 3.8) is 0 Å². The van der Waals surface area contributed by atoms with Gasteiger partial charge >= 0.3 is 0 Å². The number of ether oxygens (including phenoxy) is 1. The van der Waals surface area contributed by atoms with E-state index in [1.807, 2.05) is 42.6 Å². The van der Waals surface area contributed by atoms with E-state index < -0.39 is 0 Å². The average molecular weight is 344 g/mol. The average Bonchev–Trinajstić information content (AvgIpc) is 3.15. The van der Waals surface area contributed by atoms with E-state index in [1.165, 1.54) is 16.2 Å². The van der Waals surface area contributed by atoms with Crippen molar-refractivity contribution < 1.29 is 9.53 Å². The van der Waals surface area contributed by atoms with Crippen LogP contribution in [0.1, 0.15) is 10.4 Å². The number of thiazole rings is 1. The van der Waals surface area contributed by atoms with Crippen molar-refractivity contribution >= 4 is 33.7 Å². The Bertz CT molecular complexity index is 823. The first-order chi connectivity index (χ1) is 11.1. The van der Waals surface area contributed by atoms with E-state index in [-0.39, 0.29) is 12.5 Å². The van der Waals surface area contributed by atoms with Crippen molar-refractivity contribution in [2.45, 2.75) is 13.8 Å². The lowest BCUT2D eigenvalue weighted by Gasteiger charge is -2.07. The Hall–Kier alpha value is -2.18. The van der Waals surface area contributed by atoms with Crippen LogP contribution in [-0.4, -0.2) is 17.5 Å². The molecule has 0 aliphatic rings. The van der Waals surface area contributed by atoms with Crippen LogP contribution >= 0.6 is 22.7 Å². The van der Waals surface area contributed by atoms with Gasteiger partial charge < -0.3 is 4.74 Å². The number of nitrogens with zero attached hydrogens (tertiary/aromatic N) is 1. The molecule has 1 amide bonds. The van der Waals surface area contributed by atoms with E-state index in [9.17, 15) is 4.79 Å². The molecule has 2 aromatic heterocycles. The van der Waals surface area contributed by atoms with Gasteiger partial charge in [0.05, 0.1) is 10.6 Å². The fourth-order valence-corrected chi connectivity index (χ4v) is 3.66. The molecule has 4 nitrogen and oxygen atoms in total. The zero-order chi connectivity index (χ0) is 16.2. The molecule has 118 valence electrons. The largest absolute Gasteiger partial charge is 0.483 e. The monoisotopic (exact) mass is 344 g/mol. The van der Waals surface area contributed by atoms with E-state index in [1.54, 1.807) is 11.3 Å². The van der Waals surface area contributed by atoms with Crippen molar-refractivity contribution in [2.24, 2.45) is 0 Å². The zero-order valence-corrected chi connectivity index (χ0v) is 14.5. The number of thiophene rings is 1. The minimum atomic E-state index is -0.212.